The molecule has 1 aromatic heterocycles. The molecule has 5 rings (SSSR count). The Hall–Kier alpha value is -3.23. The second-order valence-electron chi connectivity index (χ2n) is 6.58. The Morgan fingerprint density at radius 2 is 1.44 bits per heavy atom. The highest BCUT2D eigenvalue weighted by atomic mass is 32.1. The number of ketones is 1. The molecule has 0 radical (unpaired) electrons. The number of fused-ring (bicyclic) bond motifs is 4. The summed E-state index contributed by atoms with van der Waals surface area (Å²) in [7, 11) is 0. The summed E-state index contributed by atoms with van der Waals surface area (Å²) in [6.07, 6.45) is 3.60. The van der Waals surface area contributed by atoms with Crippen molar-refractivity contribution in [3.05, 3.63) is 102 Å². The summed E-state index contributed by atoms with van der Waals surface area (Å²) < 4.78 is 2.47. The molecule has 2 heteroatoms. The van der Waals surface area contributed by atoms with E-state index >= 15 is 0 Å². The third kappa shape index (κ3) is 2.84. The van der Waals surface area contributed by atoms with E-state index in [2.05, 4.69) is 42.5 Å². The van der Waals surface area contributed by atoms with Crippen LogP contribution in [0.5, 0.6) is 0 Å². The lowest BCUT2D eigenvalue weighted by Gasteiger charge is -2.02. The van der Waals surface area contributed by atoms with Crippen LogP contribution in [0.2, 0.25) is 0 Å². The van der Waals surface area contributed by atoms with Crippen molar-refractivity contribution >= 4 is 54.1 Å². The summed E-state index contributed by atoms with van der Waals surface area (Å²) in [6, 6.07) is 28.7. The zero-order chi connectivity index (χ0) is 18.2. The van der Waals surface area contributed by atoms with Gasteiger partial charge >= 0.3 is 0 Å². The average molecular weight is 364 g/mol. The van der Waals surface area contributed by atoms with Crippen LogP contribution in [0.25, 0.3) is 37.0 Å². The molecule has 0 saturated heterocycles. The average Bonchev–Trinajstić information content (AvgIpc) is 3.10. The molecule has 0 aliphatic rings. The molecule has 0 aliphatic carbocycles. The SMILES string of the molecule is O=C(/C=C/c1cccc2ccccc12)c1ccc2sc3ccccc3c2c1. The van der Waals surface area contributed by atoms with Gasteiger partial charge in [0.25, 0.3) is 0 Å². The topological polar surface area (TPSA) is 17.1 Å². The van der Waals surface area contributed by atoms with Gasteiger partial charge in [-0.2, -0.15) is 0 Å². The lowest BCUT2D eigenvalue weighted by Crippen LogP contribution is -1.93. The van der Waals surface area contributed by atoms with E-state index in [-0.39, 0.29) is 5.78 Å². The van der Waals surface area contributed by atoms with E-state index in [1.807, 2.05) is 48.5 Å². The minimum absolute atomic E-state index is 0.0279. The van der Waals surface area contributed by atoms with Gasteiger partial charge in [-0.05, 0) is 46.7 Å². The Morgan fingerprint density at radius 3 is 2.37 bits per heavy atom. The van der Waals surface area contributed by atoms with Gasteiger partial charge in [-0.3, -0.25) is 4.79 Å². The molecule has 1 heterocycles. The Morgan fingerprint density at radius 1 is 0.704 bits per heavy atom. The zero-order valence-corrected chi connectivity index (χ0v) is 15.4. The quantitative estimate of drug-likeness (QED) is 0.246. The normalized spacial score (nSPS) is 11.7. The second kappa shape index (κ2) is 6.49. The van der Waals surface area contributed by atoms with E-state index < -0.39 is 0 Å². The zero-order valence-electron chi connectivity index (χ0n) is 14.6. The van der Waals surface area contributed by atoms with Crippen LogP contribution in [-0.2, 0) is 0 Å². The van der Waals surface area contributed by atoms with Crippen LogP contribution in [0.3, 0.4) is 0 Å². The molecule has 0 N–H and O–H groups in total. The fourth-order valence-electron chi connectivity index (χ4n) is 3.54. The lowest BCUT2D eigenvalue weighted by molar-refractivity contribution is 0.104. The number of rotatable bonds is 3. The number of allylic oxidation sites excluding steroid dienone is 1. The highest BCUT2D eigenvalue weighted by Crippen LogP contribution is 2.34. The number of benzene rings is 4. The molecule has 128 valence electrons. The van der Waals surface area contributed by atoms with Crippen LogP contribution in [0.15, 0.2) is 91.0 Å². The molecule has 1 nitrogen and oxygen atoms in total. The van der Waals surface area contributed by atoms with Gasteiger partial charge < -0.3 is 0 Å². The third-order valence-corrected chi connectivity index (χ3v) is 6.05. The predicted molar refractivity (Wildman–Crippen MR) is 117 cm³/mol. The fraction of sp³-hybridized carbons (Fsp3) is 0. The van der Waals surface area contributed by atoms with Crippen LogP contribution in [-0.4, -0.2) is 5.78 Å². The maximum absolute atomic E-state index is 12.8. The van der Waals surface area contributed by atoms with Gasteiger partial charge in [-0.1, -0.05) is 66.7 Å². The van der Waals surface area contributed by atoms with Crippen molar-refractivity contribution in [1.29, 1.82) is 0 Å². The van der Waals surface area contributed by atoms with Gasteiger partial charge in [0.2, 0.25) is 0 Å². The largest absolute Gasteiger partial charge is 0.289 e. The number of hydrogen-bond donors (Lipinski definition) is 0. The molecule has 0 amide bonds. The Bertz CT molecular complexity index is 1340. The number of carbonyl (C=O) groups is 1. The first-order chi connectivity index (χ1) is 13.3. The molecule has 0 spiro atoms. The summed E-state index contributed by atoms with van der Waals surface area (Å²) in [5.41, 5.74) is 1.78. The van der Waals surface area contributed by atoms with Crippen LogP contribution in [0, 0.1) is 0 Å². The summed E-state index contributed by atoms with van der Waals surface area (Å²) in [6.45, 7) is 0. The van der Waals surface area contributed by atoms with E-state index in [0.29, 0.717) is 0 Å². The van der Waals surface area contributed by atoms with Crippen molar-refractivity contribution in [3.63, 3.8) is 0 Å². The highest BCUT2D eigenvalue weighted by Gasteiger charge is 2.08. The monoisotopic (exact) mass is 364 g/mol. The van der Waals surface area contributed by atoms with Crippen molar-refractivity contribution in [2.45, 2.75) is 0 Å². The molecule has 0 unspecified atom stereocenters. The van der Waals surface area contributed by atoms with Crippen LogP contribution < -0.4 is 0 Å². The Labute approximate surface area is 161 Å². The van der Waals surface area contributed by atoms with Crippen LogP contribution in [0.1, 0.15) is 15.9 Å². The van der Waals surface area contributed by atoms with Crippen molar-refractivity contribution in [3.8, 4) is 0 Å². The number of thiophene rings is 1. The lowest BCUT2D eigenvalue weighted by atomic mass is 10.0. The van der Waals surface area contributed by atoms with E-state index in [1.54, 1.807) is 17.4 Å². The first-order valence-corrected chi connectivity index (χ1v) is 9.73. The third-order valence-electron chi connectivity index (χ3n) is 4.90. The second-order valence-corrected chi connectivity index (χ2v) is 7.66. The first kappa shape index (κ1) is 16.0. The minimum atomic E-state index is 0.0279. The fourth-order valence-corrected chi connectivity index (χ4v) is 4.62. The van der Waals surface area contributed by atoms with Crippen LogP contribution in [0.4, 0.5) is 0 Å². The maximum atomic E-state index is 12.8. The van der Waals surface area contributed by atoms with E-state index in [4.69, 9.17) is 0 Å². The molecule has 0 atom stereocenters. The van der Waals surface area contributed by atoms with Gasteiger partial charge in [0.05, 0.1) is 0 Å². The van der Waals surface area contributed by atoms with Crippen molar-refractivity contribution in [1.82, 2.24) is 0 Å². The van der Waals surface area contributed by atoms with E-state index in [9.17, 15) is 4.79 Å². The minimum Gasteiger partial charge on any atom is -0.289 e. The van der Waals surface area contributed by atoms with Gasteiger partial charge in [0.15, 0.2) is 5.78 Å². The van der Waals surface area contributed by atoms with E-state index in [1.165, 1.54) is 20.2 Å². The number of carbonyl (C=O) groups excluding carboxylic acids is 1. The van der Waals surface area contributed by atoms with Crippen molar-refractivity contribution in [2.75, 3.05) is 0 Å². The molecule has 27 heavy (non-hydrogen) atoms. The van der Waals surface area contributed by atoms with Gasteiger partial charge in [-0.25, -0.2) is 0 Å². The van der Waals surface area contributed by atoms with Gasteiger partial charge in [0, 0.05) is 25.7 Å². The van der Waals surface area contributed by atoms with Gasteiger partial charge in [-0.15, -0.1) is 11.3 Å². The summed E-state index contributed by atoms with van der Waals surface area (Å²) in [4.78, 5) is 12.8. The summed E-state index contributed by atoms with van der Waals surface area (Å²) >= 11 is 1.76. The molecular formula is C25H16OS. The molecular weight excluding hydrogens is 348 g/mol. The Balaban J connectivity index is 1.53. The Kier molecular flexibility index (Phi) is 3.84. The predicted octanol–water partition coefficient (Wildman–Crippen LogP) is 7.10. The first-order valence-electron chi connectivity index (χ1n) is 8.91. The van der Waals surface area contributed by atoms with Crippen molar-refractivity contribution < 1.29 is 4.79 Å². The summed E-state index contributed by atoms with van der Waals surface area (Å²) in [5.74, 6) is 0.0279. The van der Waals surface area contributed by atoms with Crippen molar-refractivity contribution in [2.24, 2.45) is 0 Å². The molecule has 5 aromatic rings. The molecule has 0 bridgehead atoms. The maximum Gasteiger partial charge on any atom is 0.185 e. The molecule has 0 saturated carbocycles. The van der Waals surface area contributed by atoms with Gasteiger partial charge in [0.1, 0.15) is 0 Å². The highest BCUT2D eigenvalue weighted by molar-refractivity contribution is 7.25. The van der Waals surface area contributed by atoms with Crippen LogP contribution >= 0.6 is 11.3 Å². The standard InChI is InChI=1S/C25H16OS/c26-23(14-12-18-8-5-7-17-6-1-2-9-20(17)18)19-13-15-25-22(16-19)21-10-3-4-11-24(21)27-25/h1-16H/b14-12+. The summed E-state index contributed by atoms with van der Waals surface area (Å²) in [5, 5.41) is 4.70. The molecule has 4 aromatic carbocycles. The number of hydrogen-bond acceptors (Lipinski definition) is 2. The molecule has 0 fully saturated rings. The van der Waals surface area contributed by atoms with E-state index in [0.717, 1.165) is 21.9 Å². The molecule has 0 aliphatic heterocycles. The smallest absolute Gasteiger partial charge is 0.185 e.